The number of rotatable bonds is 7. The lowest BCUT2D eigenvalue weighted by atomic mass is 10.00. The van der Waals surface area contributed by atoms with Crippen LogP contribution in [0.2, 0.25) is 5.02 Å². The number of hydrogen-bond donors (Lipinski definition) is 0. The van der Waals surface area contributed by atoms with Crippen LogP contribution in [0.25, 0.3) is 22.2 Å². The molecule has 0 aliphatic carbocycles. The fraction of sp³-hybridized carbons (Fsp3) is 0.423. The highest BCUT2D eigenvalue weighted by Crippen LogP contribution is 2.27. The van der Waals surface area contributed by atoms with Crippen LogP contribution in [0.3, 0.4) is 0 Å². The number of piperidine rings is 1. The maximum atomic E-state index is 6.28. The van der Waals surface area contributed by atoms with Crippen molar-refractivity contribution in [3.8, 4) is 11.3 Å². The van der Waals surface area contributed by atoms with Gasteiger partial charge in [-0.25, -0.2) is 4.98 Å². The van der Waals surface area contributed by atoms with Crippen LogP contribution >= 0.6 is 36.4 Å². The second-order valence-corrected chi connectivity index (χ2v) is 8.67. The van der Waals surface area contributed by atoms with Gasteiger partial charge in [0.05, 0.1) is 11.2 Å². The Morgan fingerprint density at radius 3 is 2.31 bits per heavy atom. The van der Waals surface area contributed by atoms with Gasteiger partial charge < -0.3 is 9.80 Å². The molecule has 3 nitrogen and oxygen atoms in total. The number of halogens is 3. The van der Waals surface area contributed by atoms with E-state index in [0.717, 1.165) is 53.9 Å². The van der Waals surface area contributed by atoms with E-state index in [-0.39, 0.29) is 24.8 Å². The molecule has 6 heteroatoms. The monoisotopic (exact) mass is 493 g/mol. The summed E-state index contributed by atoms with van der Waals surface area (Å²) in [6, 6.07) is 19.6. The Labute approximate surface area is 210 Å². The maximum Gasteiger partial charge on any atom is 0.0727 e. The van der Waals surface area contributed by atoms with E-state index < -0.39 is 0 Å². The molecular formula is C26H34Cl3N3. The average Bonchev–Trinajstić information content (AvgIpc) is 2.79. The number of nitrogens with zero attached hydrogens (tertiary/aromatic N) is 3. The third-order valence-corrected chi connectivity index (χ3v) is 6.75. The molecule has 0 saturated carbocycles. The molecule has 32 heavy (non-hydrogen) atoms. The van der Waals surface area contributed by atoms with Gasteiger partial charge in [-0.15, -0.1) is 24.8 Å². The van der Waals surface area contributed by atoms with Gasteiger partial charge in [0.1, 0.15) is 0 Å². The number of pyridine rings is 1. The summed E-state index contributed by atoms with van der Waals surface area (Å²) in [6.45, 7) is 10.4. The lowest BCUT2D eigenvalue weighted by molar-refractivity contribution is 0.117. The smallest absolute Gasteiger partial charge is 0.0727 e. The standard InChI is InChI=1S/C26H32ClN3.2ClH/c1-3-30(4-2)23-13-16-29(17-14-23)15-12-21-18-25(20-8-6-5-7-9-20)28-26-19-22(27)10-11-24(21)26;;/h5-11,18-19,23H,3-4,12-17H2,1-2H3;2*1H. The van der Waals surface area contributed by atoms with Crippen molar-refractivity contribution < 1.29 is 0 Å². The van der Waals surface area contributed by atoms with Crippen LogP contribution < -0.4 is 0 Å². The number of benzene rings is 2. The summed E-state index contributed by atoms with van der Waals surface area (Å²) in [5, 5.41) is 1.96. The normalized spacial score (nSPS) is 14.9. The van der Waals surface area contributed by atoms with Crippen LogP contribution in [0.5, 0.6) is 0 Å². The lowest BCUT2D eigenvalue weighted by Crippen LogP contribution is -2.45. The molecule has 1 fully saturated rings. The Morgan fingerprint density at radius 1 is 0.969 bits per heavy atom. The van der Waals surface area contributed by atoms with Crippen LogP contribution in [0.4, 0.5) is 0 Å². The van der Waals surface area contributed by atoms with Gasteiger partial charge in [-0.2, -0.15) is 0 Å². The van der Waals surface area contributed by atoms with Crippen molar-refractivity contribution >= 4 is 47.3 Å². The van der Waals surface area contributed by atoms with Crippen molar-refractivity contribution in [3.63, 3.8) is 0 Å². The zero-order valence-corrected chi connectivity index (χ0v) is 21.4. The Morgan fingerprint density at radius 2 is 1.66 bits per heavy atom. The number of fused-ring (bicyclic) bond motifs is 1. The van der Waals surface area contributed by atoms with Crippen LogP contribution in [-0.4, -0.2) is 53.5 Å². The van der Waals surface area contributed by atoms with Crippen molar-refractivity contribution in [3.05, 3.63) is 65.2 Å². The van der Waals surface area contributed by atoms with Crippen LogP contribution in [0, 0.1) is 0 Å². The average molecular weight is 495 g/mol. The van der Waals surface area contributed by atoms with Gasteiger partial charge in [0, 0.05) is 28.6 Å². The molecule has 0 bridgehead atoms. The molecular weight excluding hydrogens is 461 g/mol. The number of likely N-dealkylation sites (tertiary alicyclic amines) is 1. The van der Waals surface area contributed by atoms with E-state index in [9.17, 15) is 0 Å². The molecule has 4 rings (SSSR count). The zero-order chi connectivity index (χ0) is 20.9. The first-order valence-electron chi connectivity index (χ1n) is 11.3. The van der Waals surface area contributed by atoms with Gasteiger partial charge in [0.2, 0.25) is 0 Å². The molecule has 2 aromatic carbocycles. The van der Waals surface area contributed by atoms with Crippen molar-refractivity contribution in [2.24, 2.45) is 0 Å². The SMILES string of the molecule is CCN(CC)C1CCN(CCc2cc(-c3ccccc3)nc3cc(Cl)ccc23)CC1.Cl.Cl. The van der Waals surface area contributed by atoms with E-state index in [1.54, 1.807) is 0 Å². The summed E-state index contributed by atoms with van der Waals surface area (Å²) in [6.07, 6.45) is 3.60. The van der Waals surface area contributed by atoms with E-state index >= 15 is 0 Å². The minimum atomic E-state index is 0. The second-order valence-electron chi connectivity index (χ2n) is 8.24. The topological polar surface area (TPSA) is 19.4 Å². The summed E-state index contributed by atoms with van der Waals surface area (Å²) in [5.41, 5.74) is 4.53. The predicted molar refractivity (Wildman–Crippen MR) is 143 cm³/mol. The number of aromatic nitrogens is 1. The van der Waals surface area contributed by atoms with Gasteiger partial charge in [0.15, 0.2) is 0 Å². The third kappa shape index (κ3) is 6.36. The molecule has 2 heterocycles. The Hall–Kier alpha value is -1.36. The van der Waals surface area contributed by atoms with Crippen molar-refractivity contribution in [2.45, 2.75) is 39.2 Å². The molecule has 0 N–H and O–H groups in total. The summed E-state index contributed by atoms with van der Waals surface area (Å²) >= 11 is 6.28. The molecule has 174 valence electrons. The van der Waals surface area contributed by atoms with Crippen LogP contribution in [0.1, 0.15) is 32.3 Å². The highest BCUT2D eigenvalue weighted by Gasteiger charge is 2.22. The first-order chi connectivity index (χ1) is 14.7. The Bertz CT molecular complexity index is 969. The zero-order valence-electron chi connectivity index (χ0n) is 19.0. The molecule has 0 spiro atoms. The third-order valence-electron chi connectivity index (χ3n) is 6.51. The maximum absolute atomic E-state index is 6.28. The first-order valence-corrected chi connectivity index (χ1v) is 11.7. The summed E-state index contributed by atoms with van der Waals surface area (Å²) in [5.74, 6) is 0. The molecule has 0 atom stereocenters. The fourth-order valence-corrected chi connectivity index (χ4v) is 4.93. The highest BCUT2D eigenvalue weighted by atomic mass is 35.5. The van der Waals surface area contributed by atoms with E-state index in [2.05, 4.69) is 60.0 Å². The summed E-state index contributed by atoms with van der Waals surface area (Å²) in [7, 11) is 0. The Balaban J connectivity index is 0.00000181. The van der Waals surface area contributed by atoms with Gasteiger partial charge in [0.25, 0.3) is 0 Å². The van der Waals surface area contributed by atoms with E-state index in [1.165, 1.54) is 36.9 Å². The van der Waals surface area contributed by atoms with E-state index in [1.807, 2.05) is 18.2 Å². The molecule has 1 aliphatic rings. The molecule has 3 aromatic rings. The summed E-state index contributed by atoms with van der Waals surface area (Å²) < 4.78 is 0. The predicted octanol–water partition coefficient (Wildman–Crippen LogP) is 6.75. The quantitative estimate of drug-likeness (QED) is 0.362. The molecule has 1 aliphatic heterocycles. The molecule has 0 unspecified atom stereocenters. The fourth-order valence-electron chi connectivity index (χ4n) is 4.76. The first kappa shape index (κ1) is 26.9. The molecule has 0 amide bonds. The van der Waals surface area contributed by atoms with E-state index in [4.69, 9.17) is 16.6 Å². The van der Waals surface area contributed by atoms with Crippen LogP contribution in [0.15, 0.2) is 54.6 Å². The number of hydrogen-bond acceptors (Lipinski definition) is 3. The minimum Gasteiger partial charge on any atom is -0.303 e. The largest absolute Gasteiger partial charge is 0.303 e. The molecule has 0 radical (unpaired) electrons. The summed E-state index contributed by atoms with van der Waals surface area (Å²) in [4.78, 5) is 10.2. The Kier molecular flexibility index (Phi) is 10.7. The van der Waals surface area contributed by atoms with Crippen molar-refractivity contribution in [2.75, 3.05) is 32.7 Å². The second kappa shape index (κ2) is 12.8. The van der Waals surface area contributed by atoms with Crippen molar-refractivity contribution in [1.29, 1.82) is 0 Å². The van der Waals surface area contributed by atoms with Gasteiger partial charge >= 0.3 is 0 Å². The molecule has 1 aromatic heterocycles. The van der Waals surface area contributed by atoms with Crippen LogP contribution in [-0.2, 0) is 6.42 Å². The van der Waals surface area contributed by atoms with Crippen molar-refractivity contribution in [1.82, 2.24) is 14.8 Å². The van der Waals surface area contributed by atoms with Gasteiger partial charge in [-0.1, -0.05) is 61.8 Å². The van der Waals surface area contributed by atoms with Gasteiger partial charge in [-0.3, -0.25) is 0 Å². The minimum absolute atomic E-state index is 0. The van der Waals surface area contributed by atoms with E-state index in [0.29, 0.717) is 0 Å². The van der Waals surface area contributed by atoms with Gasteiger partial charge in [-0.05, 0) is 69.2 Å². The lowest BCUT2D eigenvalue weighted by Gasteiger charge is -2.37. The molecule has 1 saturated heterocycles. The highest BCUT2D eigenvalue weighted by molar-refractivity contribution is 6.31.